The highest BCUT2D eigenvalue weighted by Crippen LogP contribution is 2.34. The second-order valence-corrected chi connectivity index (χ2v) is 7.35. The lowest BCUT2D eigenvalue weighted by Gasteiger charge is -2.16. The molecule has 1 aromatic carbocycles. The molecular formula is C20H28N2O3. The highest BCUT2D eigenvalue weighted by molar-refractivity contribution is 5.80. The summed E-state index contributed by atoms with van der Waals surface area (Å²) in [4.78, 5) is 31.3. The predicted octanol–water partition coefficient (Wildman–Crippen LogP) is 4.09. The summed E-state index contributed by atoms with van der Waals surface area (Å²) in [5.41, 5.74) is 2.42. The van der Waals surface area contributed by atoms with E-state index in [2.05, 4.69) is 16.9 Å². The van der Waals surface area contributed by atoms with Crippen LogP contribution < -0.4 is 5.56 Å². The number of nitrogens with one attached hydrogen (secondary N) is 1. The zero-order valence-corrected chi connectivity index (χ0v) is 16.0. The number of benzene rings is 1. The second-order valence-electron chi connectivity index (χ2n) is 7.35. The molecule has 1 N–H and O–H groups in total. The summed E-state index contributed by atoms with van der Waals surface area (Å²) in [6, 6.07) is 3.96. The molecule has 1 heterocycles. The van der Waals surface area contributed by atoms with Gasteiger partial charge in [0.2, 0.25) is 0 Å². The van der Waals surface area contributed by atoms with Gasteiger partial charge in [0.05, 0.1) is 16.3 Å². The van der Waals surface area contributed by atoms with E-state index in [0.29, 0.717) is 22.6 Å². The van der Waals surface area contributed by atoms with Gasteiger partial charge in [0.15, 0.2) is 0 Å². The maximum absolute atomic E-state index is 12.3. The lowest BCUT2D eigenvalue weighted by atomic mass is 9.97. The van der Waals surface area contributed by atoms with Gasteiger partial charge in [-0.15, -0.1) is 0 Å². The van der Waals surface area contributed by atoms with E-state index in [9.17, 15) is 9.59 Å². The number of aromatic amines is 1. The Morgan fingerprint density at radius 1 is 1.32 bits per heavy atom. The molecule has 0 fully saturated rings. The molecule has 1 atom stereocenters. The van der Waals surface area contributed by atoms with Crippen molar-refractivity contribution in [2.75, 3.05) is 0 Å². The van der Waals surface area contributed by atoms with Gasteiger partial charge in [-0.2, -0.15) is 0 Å². The van der Waals surface area contributed by atoms with Crippen LogP contribution in [-0.4, -0.2) is 15.9 Å². The number of aromatic nitrogens is 2. The van der Waals surface area contributed by atoms with Crippen molar-refractivity contribution in [2.24, 2.45) is 5.41 Å². The minimum absolute atomic E-state index is 0.0191. The number of aryl methyl sites for hydroxylation is 1. The maximum atomic E-state index is 12.3. The predicted molar refractivity (Wildman–Crippen MR) is 99.7 cm³/mol. The van der Waals surface area contributed by atoms with Gasteiger partial charge < -0.3 is 9.72 Å². The molecule has 3 rings (SSSR count). The van der Waals surface area contributed by atoms with Crippen molar-refractivity contribution in [3.8, 4) is 0 Å². The standard InChI is InChI=1S/C18H22N2O3.C2H6/c1-10-5-6-11-7-14-13(8-12(10)11)16(21)20-15(19-14)9-23-17(22)18(2,3)4;1-2/h7-8,10H,5-6,9H2,1-4H3,(H,19,20,21);1-2H3. The van der Waals surface area contributed by atoms with E-state index in [1.165, 1.54) is 11.1 Å². The summed E-state index contributed by atoms with van der Waals surface area (Å²) >= 11 is 0. The van der Waals surface area contributed by atoms with E-state index < -0.39 is 5.41 Å². The average Bonchev–Trinajstić information content (AvgIpc) is 2.92. The Bertz CT molecular complexity index is 831. The number of carbonyl (C=O) groups is 1. The number of ether oxygens (including phenoxy) is 1. The van der Waals surface area contributed by atoms with Gasteiger partial charge in [0.1, 0.15) is 12.4 Å². The van der Waals surface area contributed by atoms with Crippen molar-refractivity contribution < 1.29 is 9.53 Å². The number of hydrogen-bond acceptors (Lipinski definition) is 4. The summed E-state index contributed by atoms with van der Waals surface area (Å²) in [5.74, 6) is 0.551. The van der Waals surface area contributed by atoms with Crippen molar-refractivity contribution >= 4 is 16.9 Å². The van der Waals surface area contributed by atoms with Gasteiger partial charge in [-0.3, -0.25) is 9.59 Å². The molecule has 1 aromatic heterocycles. The molecule has 0 amide bonds. The number of hydrogen-bond donors (Lipinski definition) is 1. The molecule has 5 heteroatoms. The van der Waals surface area contributed by atoms with E-state index in [1.807, 2.05) is 26.0 Å². The molecule has 0 bridgehead atoms. The smallest absolute Gasteiger partial charge is 0.311 e. The number of fused-ring (bicyclic) bond motifs is 2. The molecule has 25 heavy (non-hydrogen) atoms. The van der Waals surface area contributed by atoms with Gasteiger partial charge in [-0.25, -0.2) is 4.98 Å². The fraction of sp³-hybridized carbons (Fsp3) is 0.550. The Hall–Kier alpha value is -2.17. The van der Waals surface area contributed by atoms with Gasteiger partial charge >= 0.3 is 5.97 Å². The number of H-pyrrole nitrogens is 1. The molecular weight excluding hydrogens is 316 g/mol. The van der Waals surface area contributed by atoms with Crippen LogP contribution in [0.4, 0.5) is 0 Å². The first kappa shape index (κ1) is 19.2. The highest BCUT2D eigenvalue weighted by atomic mass is 16.5. The number of rotatable bonds is 2. The van der Waals surface area contributed by atoms with Crippen LogP contribution in [0, 0.1) is 5.41 Å². The van der Waals surface area contributed by atoms with Gasteiger partial charge in [-0.1, -0.05) is 20.8 Å². The third-order valence-electron chi connectivity index (χ3n) is 4.35. The fourth-order valence-electron chi connectivity index (χ4n) is 2.92. The zero-order chi connectivity index (χ0) is 18.8. The van der Waals surface area contributed by atoms with Crippen LogP contribution >= 0.6 is 0 Å². The van der Waals surface area contributed by atoms with Crippen LogP contribution in [-0.2, 0) is 22.6 Å². The van der Waals surface area contributed by atoms with E-state index >= 15 is 0 Å². The molecule has 0 saturated carbocycles. The largest absolute Gasteiger partial charge is 0.457 e. The fourth-order valence-corrected chi connectivity index (χ4v) is 2.92. The summed E-state index contributed by atoms with van der Waals surface area (Å²) in [6.45, 7) is 11.5. The summed E-state index contributed by atoms with van der Waals surface area (Å²) in [7, 11) is 0. The maximum Gasteiger partial charge on any atom is 0.311 e. The van der Waals surface area contributed by atoms with Crippen LogP contribution in [0.2, 0.25) is 0 Å². The number of carbonyl (C=O) groups excluding carboxylic acids is 1. The molecule has 2 aromatic rings. The van der Waals surface area contributed by atoms with Gasteiger partial charge in [0.25, 0.3) is 5.56 Å². The van der Waals surface area contributed by atoms with E-state index in [0.717, 1.165) is 12.8 Å². The SMILES string of the molecule is CC.CC1CCc2cc3nc(COC(=O)C(C)(C)C)[nH]c(=O)c3cc21. The first-order valence-electron chi connectivity index (χ1n) is 8.98. The summed E-state index contributed by atoms with van der Waals surface area (Å²) in [5, 5.41) is 0.600. The quantitative estimate of drug-likeness (QED) is 0.833. The first-order valence-corrected chi connectivity index (χ1v) is 8.98. The molecule has 0 aliphatic heterocycles. The van der Waals surface area contributed by atoms with Crippen molar-refractivity contribution in [1.29, 1.82) is 0 Å². The van der Waals surface area contributed by atoms with Gasteiger partial charge in [-0.05, 0) is 62.8 Å². The van der Waals surface area contributed by atoms with Crippen molar-refractivity contribution in [2.45, 2.75) is 66.9 Å². The van der Waals surface area contributed by atoms with Crippen LogP contribution in [0.15, 0.2) is 16.9 Å². The molecule has 0 spiro atoms. The second kappa shape index (κ2) is 7.38. The lowest BCUT2D eigenvalue weighted by molar-refractivity contribution is -0.154. The highest BCUT2D eigenvalue weighted by Gasteiger charge is 2.24. The first-order chi connectivity index (χ1) is 11.8. The average molecular weight is 344 g/mol. The van der Waals surface area contributed by atoms with E-state index in [-0.39, 0.29) is 18.1 Å². The Morgan fingerprint density at radius 3 is 2.64 bits per heavy atom. The summed E-state index contributed by atoms with van der Waals surface area (Å²) in [6.07, 6.45) is 2.13. The lowest BCUT2D eigenvalue weighted by Crippen LogP contribution is -2.24. The minimum Gasteiger partial charge on any atom is -0.457 e. The van der Waals surface area contributed by atoms with Crippen LogP contribution in [0.25, 0.3) is 10.9 Å². The Kier molecular flexibility index (Phi) is 5.65. The molecule has 1 aliphatic carbocycles. The van der Waals surface area contributed by atoms with Crippen molar-refractivity contribution in [3.05, 3.63) is 39.4 Å². The van der Waals surface area contributed by atoms with Crippen molar-refractivity contribution in [1.82, 2.24) is 9.97 Å². The topological polar surface area (TPSA) is 72.0 Å². The van der Waals surface area contributed by atoms with Crippen LogP contribution in [0.1, 0.15) is 70.8 Å². The Balaban J connectivity index is 0.00000109. The molecule has 136 valence electrons. The number of nitrogens with zero attached hydrogens (tertiary/aromatic N) is 1. The third-order valence-corrected chi connectivity index (χ3v) is 4.35. The Labute approximate surface area is 148 Å². The molecule has 0 saturated heterocycles. The molecule has 0 radical (unpaired) electrons. The number of esters is 1. The van der Waals surface area contributed by atoms with Crippen LogP contribution in [0.5, 0.6) is 0 Å². The summed E-state index contributed by atoms with van der Waals surface area (Å²) < 4.78 is 5.23. The zero-order valence-electron chi connectivity index (χ0n) is 16.0. The molecule has 1 aliphatic rings. The normalized spacial score (nSPS) is 16.2. The van der Waals surface area contributed by atoms with E-state index in [1.54, 1.807) is 20.8 Å². The Morgan fingerprint density at radius 2 is 2.00 bits per heavy atom. The molecule has 5 nitrogen and oxygen atoms in total. The van der Waals surface area contributed by atoms with Crippen molar-refractivity contribution in [3.63, 3.8) is 0 Å². The van der Waals surface area contributed by atoms with Gasteiger partial charge in [0, 0.05) is 0 Å². The monoisotopic (exact) mass is 344 g/mol. The van der Waals surface area contributed by atoms with E-state index in [4.69, 9.17) is 4.74 Å². The molecule has 1 unspecified atom stereocenters. The third kappa shape index (κ3) is 4.09. The minimum atomic E-state index is -0.575. The van der Waals surface area contributed by atoms with Crippen LogP contribution in [0.3, 0.4) is 0 Å².